The number of hydrogen-bond donors (Lipinski definition) is 1. The fourth-order valence-corrected chi connectivity index (χ4v) is 1.19. The molecule has 0 spiro atoms. The Balaban J connectivity index is 2.99. The standard InChI is InChI=1S/C7H7NOS/c1-3-7(2,9)6-8-4-5-10-6/h1,4-5,9H,2H3. The van der Waals surface area contributed by atoms with E-state index in [0.29, 0.717) is 5.01 Å². The first-order chi connectivity index (χ1) is 4.67. The van der Waals surface area contributed by atoms with E-state index in [4.69, 9.17) is 6.42 Å². The lowest BCUT2D eigenvalue weighted by atomic mass is 10.1. The topological polar surface area (TPSA) is 33.1 Å². The minimum atomic E-state index is -1.20. The molecule has 52 valence electrons. The molecule has 1 atom stereocenters. The molecule has 10 heavy (non-hydrogen) atoms. The molecule has 0 aliphatic heterocycles. The van der Waals surface area contributed by atoms with Crippen molar-refractivity contribution in [3.63, 3.8) is 0 Å². The van der Waals surface area contributed by atoms with Crippen LogP contribution in [0.3, 0.4) is 0 Å². The first kappa shape index (κ1) is 7.26. The van der Waals surface area contributed by atoms with Gasteiger partial charge in [0.2, 0.25) is 0 Å². The van der Waals surface area contributed by atoms with E-state index in [1.54, 1.807) is 18.5 Å². The molecule has 0 aromatic carbocycles. The summed E-state index contributed by atoms with van der Waals surface area (Å²) in [5.74, 6) is 2.25. The highest BCUT2D eigenvalue weighted by Crippen LogP contribution is 2.20. The molecule has 2 nitrogen and oxygen atoms in total. The predicted octanol–water partition coefficient (Wildman–Crippen LogP) is 0.984. The fourth-order valence-electron chi connectivity index (χ4n) is 0.526. The molecule has 0 bridgehead atoms. The van der Waals surface area contributed by atoms with E-state index in [2.05, 4.69) is 10.9 Å². The van der Waals surface area contributed by atoms with Crippen molar-refractivity contribution in [2.75, 3.05) is 0 Å². The second kappa shape index (κ2) is 2.41. The third kappa shape index (κ3) is 1.18. The Hall–Kier alpha value is -0.850. The van der Waals surface area contributed by atoms with Gasteiger partial charge in [-0.05, 0) is 6.92 Å². The molecular weight excluding hydrogens is 146 g/mol. The Kier molecular flexibility index (Phi) is 1.75. The number of aliphatic hydroxyl groups is 1. The Labute approximate surface area is 63.5 Å². The van der Waals surface area contributed by atoms with Crippen molar-refractivity contribution in [1.29, 1.82) is 0 Å². The van der Waals surface area contributed by atoms with Crippen molar-refractivity contribution in [3.8, 4) is 12.3 Å². The van der Waals surface area contributed by atoms with Crippen LogP contribution in [0.5, 0.6) is 0 Å². The lowest BCUT2D eigenvalue weighted by molar-refractivity contribution is 0.122. The SMILES string of the molecule is C#CC(C)(O)c1nccs1. The van der Waals surface area contributed by atoms with Crippen LogP contribution < -0.4 is 0 Å². The molecule has 0 saturated heterocycles. The zero-order valence-corrected chi connectivity index (χ0v) is 6.35. The van der Waals surface area contributed by atoms with Gasteiger partial charge in [-0.1, -0.05) is 5.92 Å². The highest BCUT2D eigenvalue weighted by atomic mass is 32.1. The van der Waals surface area contributed by atoms with E-state index < -0.39 is 5.60 Å². The van der Waals surface area contributed by atoms with E-state index in [1.807, 2.05) is 0 Å². The van der Waals surface area contributed by atoms with Crippen LogP contribution in [0, 0.1) is 12.3 Å². The molecule has 0 saturated carbocycles. The number of thiazole rings is 1. The Morgan fingerprint density at radius 3 is 3.00 bits per heavy atom. The van der Waals surface area contributed by atoms with Crippen molar-refractivity contribution < 1.29 is 5.11 Å². The Bertz CT molecular complexity index is 245. The summed E-state index contributed by atoms with van der Waals surface area (Å²) in [6.45, 7) is 1.55. The summed E-state index contributed by atoms with van der Waals surface area (Å²) in [6.07, 6.45) is 6.68. The van der Waals surface area contributed by atoms with Crippen LogP contribution in [-0.4, -0.2) is 10.1 Å². The maximum absolute atomic E-state index is 9.40. The maximum atomic E-state index is 9.40. The predicted molar refractivity (Wildman–Crippen MR) is 40.5 cm³/mol. The molecule has 0 aliphatic carbocycles. The zero-order chi connectivity index (χ0) is 7.61. The lowest BCUT2D eigenvalue weighted by Crippen LogP contribution is -2.17. The third-order valence-corrected chi connectivity index (χ3v) is 2.11. The summed E-state index contributed by atoms with van der Waals surface area (Å²) in [6, 6.07) is 0. The van der Waals surface area contributed by atoms with Crippen LogP contribution in [0.4, 0.5) is 0 Å². The van der Waals surface area contributed by atoms with Crippen molar-refractivity contribution in [3.05, 3.63) is 16.6 Å². The van der Waals surface area contributed by atoms with Crippen LogP contribution in [0.2, 0.25) is 0 Å². The molecule has 1 aromatic heterocycles. The average Bonchev–Trinajstić information content (AvgIpc) is 2.38. The third-order valence-electron chi connectivity index (χ3n) is 1.13. The van der Waals surface area contributed by atoms with E-state index in [1.165, 1.54) is 11.3 Å². The second-order valence-corrected chi connectivity index (χ2v) is 2.95. The molecule has 1 aromatic rings. The van der Waals surface area contributed by atoms with Crippen LogP contribution >= 0.6 is 11.3 Å². The first-order valence-electron chi connectivity index (χ1n) is 2.77. The van der Waals surface area contributed by atoms with Crippen LogP contribution in [0.25, 0.3) is 0 Å². The van der Waals surface area contributed by atoms with Crippen molar-refractivity contribution in [2.45, 2.75) is 12.5 Å². The van der Waals surface area contributed by atoms with Crippen molar-refractivity contribution in [2.24, 2.45) is 0 Å². The first-order valence-corrected chi connectivity index (χ1v) is 3.65. The van der Waals surface area contributed by atoms with Gasteiger partial charge >= 0.3 is 0 Å². The quantitative estimate of drug-likeness (QED) is 0.610. The zero-order valence-electron chi connectivity index (χ0n) is 5.53. The van der Waals surface area contributed by atoms with Gasteiger partial charge in [0, 0.05) is 11.6 Å². The van der Waals surface area contributed by atoms with Gasteiger partial charge in [-0.15, -0.1) is 17.8 Å². The molecule has 1 heterocycles. The number of hydrogen-bond acceptors (Lipinski definition) is 3. The summed E-state index contributed by atoms with van der Waals surface area (Å²) in [4.78, 5) is 3.88. The van der Waals surface area contributed by atoms with Gasteiger partial charge in [0.25, 0.3) is 0 Å². The largest absolute Gasteiger partial charge is 0.371 e. The van der Waals surface area contributed by atoms with Gasteiger partial charge < -0.3 is 5.11 Å². The van der Waals surface area contributed by atoms with Crippen LogP contribution in [0.15, 0.2) is 11.6 Å². The molecule has 0 amide bonds. The van der Waals surface area contributed by atoms with E-state index in [0.717, 1.165) is 0 Å². The molecule has 1 unspecified atom stereocenters. The van der Waals surface area contributed by atoms with Gasteiger partial charge in [0.05, 0.1) is 0 Å². The molecule has 1 rings (SSSR count). The number of rotatable bonds is 1. The van der Waals surface area contributed by atoms with E-state index in [9.17, 15) is 5.11 Å². The molecule has 0 radical (unpaired) electrons. The number of nitrogens with zero attached hydrogens (tertiary/aromatic N) is 1. The van der Waals surface area contributed by atoms with Crippen LogP contribution in [0.1, 0.15) is 11.9 Å². The van der Waals surface area contributed by atoms with Gasteiger partial charge in [-0.25, -0.2) is 4.98 Å². The van der Waals surface area contributed by atoms with Gasteiger partial charge in [0.1, 0.15) is 5.01 Å². The second-order valence-electron chi connectivity index (χ2n) is 2.05. The molecule has 1 N–H and O–H groups in total. The summed E-state index contributed by atoms with van der Waals surface area (Å²) < 4.78 is 0. The fraction of sp³-hybridized carbons (Fsp3) is 0.286. The summed E-state index contributed by atoms with van der Waals surface area (Å²) >= 11 is 1.35. The minimum absolute atomic E-state index is 0.565. The maximum Gasteiger partial charge on any atom is 0.174 e. The molecule has 0 aliphatic rings. The van der Waals surface area contributed by atoms with Crippen molar-refractivity contribution >= 4 is 11.3 Å². The molecular formula is C7H7NOS. The Morgan fingerprint density at radius 1 is 1.90 bits per heavy atom. The van der Waals surface area contributed by atoms with E-state index in [-0.39, 0.29) is 0 Å². The number of terminal acetylenes is 1. The van der Waals surface area contributed by atoms with Gasteiger partial charge in [-0.2, -0.15) is 0 Å². The lowest BCUT2D eigenvalue weighted by Gasteiger charge is -2.10. The normalized spacial score (nSPS) is 15.7. The van der Waals surface area contributed by atoms with Crippen molar-refractivity contribution in [1.82, 2.24) is 4.98 Å². The highest BCUT2D eigenvalue weighted by Gasteiger charge is 2.21. The summed E-state index contributed by atoms with van der Waals surface area (Å²) in [7, 11) is 0. The highest BCUT2D eigenvalue weighted by molar-refractivity contribution is 7.09. The molecule has 3 heteroatoms. The van der Waals surface area contributed by atoms with Gasteiger partial charge in [-0.3, -0.25) is 0 Å². The average molecular weight is 153 g/mol. The van der Waals surface area contributed by atoms with Crippen LogP contribution in [-0.2, 0) is 5.60 Å². The summed E-state index contributed by atoms with van der Waals surface area (Å²) in [5.41, 5.74) is -1.20. The number of aromatic nitrogens is 1. The monoisotopic (exact) mass is 153 g/mol. The minimum Gasteiger partial charge on any atom is -0.371 e. The Morgan fingerprint density at radius 2 is 2.60 bits per heavy atom. The summed E-state index contributed by atoms with van der Waals surface area (Å²) in [5, 5.41) is 11.7. The van der Waals surface area contributed by atoms with Gasteiger partial charge in [0.15, 0.2) is 5.60 Å². The van der Waals surface area contributed by atoms with E-state index >= 15 is 0 Å². The molecule has 0 fully saturated rings. The smallest absolute Gasteiger partial charge is 0.174 e.